The van der Waals surface area contributed by atoms with Gasteiger partial charge in [0.1, 0.15) is 5.82 Å². The Hall–Kier alpha value is -1.09. The minimum absolute atomic E-state index is 0.434. The van der Waals surface area contributed by atoms with Crippen LogP contribution in [0.3, 0.4) is 0 Å². The van der Waals surface area contributed by atoms with Gasteiger partial charge >= 0.3 is 0 Å². The highest BCUT2D eigenvalue weighted by atomic mass is 16.5. The van der Waals surface area contributed by atoms with E-state index in [2.05, 4.69) is 24.1 Å². The fourth-order valence-corrected chi connectivity index (χ4v) is 2.89. The molecule has 1 aromatic rings. The van der Waals surface area contributed by atoms with E-state index < -0.39 is 0 Å². The molecule has 1 aliphatic rings. The summed E-state index contributed by atoms with van der Waals surface area (Å²) in [6.45, 7) is 5.90. The van der Waals surface area contributed by atoms with Crippen LogP contribution in [0.1, 0.15) is 51.6 Å². The van der Waals surface area contributed by atoms with Crippen molar-refractivity contribution in [2.24, 2.45) is 5.92 Å². The molecule has 19 heavy (non-hydrogen) atoms. The summed E-state index contributed by atoms with van der Waals surface area (Å²) in [5, 5.41) is 3.24. The van der Waals surface area contributed by atoms with Gasteiger partial charge in [0, 0.05) is 6.54 Å². The summed E-state index contributed by atoms with van der Waals surface area (Å²) in [5.74, 6) is 1.69. The maximum absolute atomic E-state index is 6.12. The van der Waals surface area contributed by atoms with Crippen LogP contribution in [-0.2, 0) is 11.3 Å². The Morgan fingerprint density at radius 2 is 2.11 bits per heavy atom. The molecule has 0 amide bonds. The van der Waals surface area contributed by atoms with E-state index in [1.165, 1.54) is 32.1 Å². The molecule has 2 rings (SSSR count). The van der Waals surface area contributed by atoms with Gasteiger partial charge in [0.25, 0.3) is 0 Å². The smallest absolute Gasteiger partial charge is 0.126 e. The third-order valence-corrected chi connectivity index (χ3v) is 3.97. The maximum Gasteiger partial charge on any atom is 0.126 e. The second kappa shape index (κ2) is 7.49. The number of anilines is 1. The molecular formula is C16H26N2O. The predicted molar refractivity (Wildman–Crippen MR) is 79.2 cm³/mol. The molecule has 3 heteroatoms. The van der Waals surface area contributed by atoms with E-state index >= 15 is 0 Å². The van der Waals surface area contributed by atoms with E-state index in [1.807, 2.05) is 18.2 Å². The summed E-state index contributed by atoms with van der Waals surface area (Å²) >= 11 is 0. The number of aromatic nitrogens is 1. The monoisotopic (exact) mass is 262 g/mol. The molecule has 0 radical (unpaired) electrons. The molecule has 1 aliphatic carbocycles. The van der Waals surface area contributed by atoms with Crippen LogP contribution < -0.4 is 5.32 Å². The van der Waals surface area contributed by atoms with Gasteiger partial charge < -0.3 is 10.1 Å². The zero-order valence-electron chi connectivity index (χ0n) is 12.2. The van der Waals surface area contributed by atoms with Gasteiger partial charge in [0.05, 0.1) is 18.4 Å². The van der Waals surface area contributed by atoms with E-state index in [0.29, 0.717) is 12.7 Å². The van der Waals surface area contributed by atoms with Gasteiger partial charge in [-0.05, 0) is 37.8 Å². The molecule has 1 saturated carbocycles. The van der Waals surface area contributed by atoms with Crippen LogP contribution in [0.15, 0.2) is 18.2 Å². The largest absolute Gasteiger partial charge is 0.372 e. The van der Waals surface area contributed by atoms with E-state index in [-0.39, 0.29) is 0 Å². The number of pyridine rings is 1. The Morgan fingerprint density at radius 3 is 2.89 bits per heavy atom. The van der Waals surface area contributed by atoms with Crippen LogP contribution in [0, 0.1) is 5.92 Å². The molecule has 2 atom stereocenters. The van der Waals surface area contributed by atoms with Gasteiger partial charge in [-0.2, -0.15) is 0 Å². The molecule has 0 saturated heterocycles. The molecule has 0 aromatic carbocycles. The summed E-state index contributed by atoms with van der Waals surface area (Å²) in [6.07, 6.45) is 6.88. The van der Waals surface area contributed by atoms with Gasteiger partial charge in [-0.1, -0.05) is 32.3 Å². The second-order valence-corrected chi connectivity index (χ2v) is 5.35. The predicted octanol–water partition coefficient (Wildman–Crippen LogP) is 4.00. The number of nitrogens with one attached hydrogen (secondary N) is 1. The number of rotatable bonds is 6. The molecule has 1 fully saturated rings. The lowest BCUT2D eigenvalue weighted by Crippen LogP contribution is -2.27. The topological polar surface area (TPSA) is 34.1 Å². The maximum atomic E-state index is 6.12. The van der Waals surface area contributed by atoms with Crippen LogP contribution >= 0.6 is 0 Å². The molecule has 1 N–H and O–H groups in total. The average molecular weight is 262 g/mol. The molecule has 1 aromatic heterocycles. The second-order valence-electron chi connectivity index (χ2n) is 5.35. The van der Waals surface area contributed by atoms with Gasteiger partial charge in [-0.3, -0.25) is 0 Å². The zero-order chi connectivity index (χ0) is 13.5. The highest BCUT2D eigenvalue weighted by molar-refractivity contribution is 5.34. The van der Waals surface area contributed by atoms with Crippen LogP contribution in [0.25, 0.3) is 0 Å². The molecular weight excluding hydrogens is 236 g/mol. The van der Waals surface area contributed by atoms with Crippen molar-refractivity contribution in [3.63, 3.8) is 0 Å². The van der Waals surface area contributed by atoms with Crippen LogP contribution in [-0.4, -0.2) is 17.6 Å². The van der Waals surface area contributed by atoms with E-state index in [9.17, 15) is 0 Å². The van der Waals surface area contributed by atoms with Crippen molar-refractivity contribution in [2.45, 2.75) is 58.7 Å². The Bertz CT molecular complexity index is 381. The van der Waals surface area contributed by atoms with Gasteiger partial charge in [0.2, 0.25) is 0 Å². The molecule has 106 valence electrons. The summed E-state index contributed by atoms with van der Waals surface area (Å²) in [7, 11) is 0. The van der Waals surface area contributed by atoms with Crippen molar-refractivity contribution in [3.05, 3.63) is 23.9 Å². The molecule has 0 aliphatic heterocycles. The SMILES string of the molecule is CCNc1cccc(COC2CCCCC2CC)n1. The summed E-state index contributed by atoms with van der Waals surface area (Å²) in [6, 6.07) is 6.09. The highest BCUT2D eigenvalue weighted by Gasteiger charge is 2.24. The lowest BCUT2D eigenvalue weighted by atomic mass is 9.85. The number of ether oxygens (including phenoxy) is 1. The Morgan fingerprint density at radius 1 is 1.26 bits per heavy atom. The lowest BCUT2D eigenvalue weighted by molar-refractivity contribution is -0.0234. The van der Waals surface area contributed by atoms with Gasteiger partial charge in [0.15, 0.2) is 0 Å². The lowest BCUT2D eigenvalue weighted by Gasteiger charge is -2.30. The van der Waals surface area contributed by atoms with Crippen molar-refractivity contribution in [2.75, 3.05) is 11.9 Å². The van der Waals surface area contributed by atoms with E-state index in [4.69, 9.17) is 4.74 Å². The Balaban J connectivity index is 1.88. The average Bonchev–Trinajstić information content (AvgIpc) is 2.46. The minimum atomic E-state index is 0.434. The first-order valence-electron chi connectivity index (χ1n) is 7.65. The zero-order valence-corrected chi connectivity index (χ0v) is 12.2. The number of nitrogens with zero attached hydrogens (tertiary/aromatic N) is 1. The Kier molecular flexibility index (Phi) is 5.64. The molecule has 0 bridgehead atoms. The fraction of sp³-hybridized carbons (Fsp3) is 0.688. The van der Waals surface area contributed by atoms with Crippen molar-refractivity contribution in [1.82, 2.24) is 4.98 Å². The third kappa shape index (κ3) is 4.20. The van der Waals surface area contributed by atoms with E-state index in [0.717, 1.165) is 24.0 Å². The summed E-state index contributed by atoms with van der Waals surface area (Å²) < 4.78 is 6.12. The number of hydrogen-bond acceptors (Lipinski definition) is 3. The molecule has 3 nitrogen and oxygen atoms in total. The molecule has 0 spiro atoms. The fourth-order valence-electron chi connectivity index (χ4n) is 2.89. The summed E-state index contributed by atoms with van der Waals surface area (Å²) in [4.78, 5) is 4.56. The van der Waals surface area contributed by atoms with Crippen molar-refractivity contribution in [1.29, 1.82) is 0 Å². The van der Waals surface area contributed by atoms with Crippen LogP contribution in [0.4, 0.5) is 5.82 Å². The highest BCUT2D eigenvalue weighted by Crippen LogP contribution is 2.29. The number of hydrogen-bond donors (Lipinski definition) is 1. The first kappa shape index (κ1) is 14.3. The van der Waals surface area contributed by atoms with E-state index in [1.54, 1.807) is 0 Å². The minimum Gasteiger partial charge on any atom is -0.372 e. The standard InChI is InChI=1S/C16H26N2O/c1-3-13-8-5-6-10-15(13)19-12-14-9-7-11-16(18-14)17-4-2/h7,9,11,13,15H,3-6,8,10,12H2,1-2H3,(H,17,18). The van der Waals surface area contributed by atoms with Crippen LogP contribution in [0.2, 0.25) is 0 Å². The summed E-state index contributed by atoms with van der Waals surface area (Å²) in [5.41, 5.74) is 1.03. The quantitative estimate of drug-likeness (QED) is 0.841. The first-order chi connectivity index (χ1) is 9.33. The molecule has 1 heterocycles. The van der Waals surface area contributed by atoms with Gasteiger partial charge in [-0.25, -0.2) is 4.98 Å². The molecule has 2 unspecified atom stereocenters. The normalized spacial score (nSPS) is 23.3. The van der Waals surface area contributed by atoms with Crippen LogP contribution in [0.5, 0.6) is 0 Å². The Labute approximate surface area is 116 Å². The van der Waals surface area contributed by atoms with Crippen molar-refractivity contribution in [3.8, 4) is 0 Å². The third-order valence-electron chi connectivity index (χ3n) is 3.97. The first-order valence-corrected chi connectivity index (χ1v) is 7.65. The van der Waals surface area contributed by atoms with Gasteiger partial charge in [-0.15, -0.1) is 0 Å². The van der Waals surface area contributed by atoms with Crippen molar-refractivity contribution < 1.29 is 4.74 Å². The van der Waals surface area contributed by atoms with Crippen molar-refractivity contribution >= 4 is 5.82 Å².